The summed E-state index contributed by atoms with van der Waals surface area (Å²) in [6.45, 7) is 2.41. The van der Waals surface area contributed by atoms with Crippen molar-refractivity contribution in [2.24, 2.45) is 5.92 Å². The monoisotopic (exact) mass is 380 g/mol. The lowest BCUT2D eigenvalue weighted by atomic mass is 10.1. The standard InChI is InChI=1S/C23H25FN2O2/c24-19-9-6-17(7-10-19)8-11-22(27)25-12-14-26(15-13-25)23(28)21-16-20(21)18-4-2-1-3-5-18/h1-7,9-10,20-21H,8,11-16H2. The molecule has 1 saturated heterocycles. The van der Waals surface area contributed by atoms with Crippen molar-refractivity contribution >= 4 is 11.8 Å². The van der Waals surface area contributed by atoms with Gasteiger partial charge in [-0.25, -0.2) is 4.39 Å². The zero-order chi connectivity index (χ0) is 19.5. The van der Waals surface area contributed by atoms with E-state index in [2.05, 4.69) is 12.1 Å². The first kappa shape index (κ1) is 18.7. The van der Waals surface area contributed by atoms with Gasteiger partial charge in [-0.15, -0.1) is 0 Å². The maximum Gasteiger partial charge on any atom is 0.226 e. The van der Waals surface area contributed by atoms with E-state index in [1.165, 1.54) is 17.7 Å². The molecule has 2 aromatic rings. The summed E-state index contributed by atoms with van der Waals surface area (Å²) < 4.78 is 13.0. The van der Waals surface area contributed by atoms with Gasteiger partial charge in [-0.3, -0.25) is 9.59 Å². The third-order valence-electron chi connectivity index (χ3n) is 5.82. The van der Waals surface area contributed by atoms with Gasteiger partial charge in [-0.05, 0) is 42.0 Å². The van der Waals surface area contributed by atoms with Crippen molar-refractivity contribution in [3.8, 4) is 0 Å². The van der Waals surface area contributed by atoms with Crippen molar-refractivity contribution in [3.63, 3.8) is 0 Å². The molecule has 2 atom stereocenters. The summed E-state index contributed by atoms with van der Waals surface area (Å²) in [6.07, 6.45) is 1.96. The Hall–Kier alpha value is -2.69. The molecule has 2 unspecified atom stereocenters. The zero-order valence-electron chi connectivity index (χ0n) is 15.9. The number of amides is 2. The molecule has 146 valence electrons. The largest absolute Gasteiger partial charge is 0.339 e. The first-order valence-electron chi connectivity index (χ1n) is 9.98. The van der Waals surface area contributed by atoms with Crippen molar-refractivity contribution < 1.29 is 14.0 Å². The number of halogens is 1. The van der Waals surface area contributed by atoms with E-state index in [9.17, 15) is 14.0 Å². The van der Waals surface area contributed by atoms with E-state index in [4.69, 9.17) is 0 Å². The second-order valence-corrected chi connectivity index (χ2v) is 7.69. The van der Waals surface area contributed by atoms with Crippen LogP contribution in [-0.4, -0.2) is 47.8 Å². The van der Waals surface area contributed by atoms with Gasteiger partial charge in [0, 0.05) is 38.5 Å². The Morgan fingerprint density at radius 1 is 0.893 bits per heavy atom. The number of aryl methyl sites for hydroxylation is 1. The first-order chi connectivity index (χ1) is 13.6. The Morgan fingerprint density at radius 3 is 2.21 bits per heavy atom. The molecule has 0 bridgehead atoms. The first-order valence-corrected chi connectivity index (χ1v) is 9.98. The number of hydrogen-bond donors (Lipinski definition) is 0. The van der Waals surface area contributed by atoms with Crippen LogP contribution in [0.5, 0.6) is 0 Å². The molecule has 5 heteroatoms. The van der Waals surface area contributed by atoms with Crippen molar-refractivity contribution in [1.29, 1.82) is 0 Å². The van der Waals surface area contributed by atoms with Crippen molar-refractivity contribution in [2.45, 2.75) is 25.2 Å². The molecule has 0 spiro atoms. The summed E-state index contributed by atoms with van der Waals surface area (Å²) in [7, 11) is 0. The topological polar surface area (TPSA) is 40.6 Å². The molecule has 1 aliphatic heterocycles. The lowest BCUT2D eigenvalue weighted by Gasteiger charge is -2.35. The van der Waals surface area contributed by atoms with Crippen LogP contribution in [0.1, 0.15) is 29.9 Å². The van der Waals surface area contributed by atoms with E-state index in [-0.39, 0.29) is 23.5 Å². The molecular formula is C23H25FN2O2. The second-order valence-electron chi connectivity index (χ2n) is 7.69. The molecule has 28 heavy (non-hydrogen) atoms. The number of piperazine rings is 1. The summed E-state index contributed by atoms with van der Waals surface area (Å²) >= 11 is 0. The van der Waals surface area contributed by atoms with Crippen molar-refractivity contribution in [2.75, 3.05) is 26.2 Å². The number of hydrogen-bond acceptors (Lipinski definition) is 2. The van der Waals surface area contributed by atoms with Gasteiger partial charge in [0.1, 0.15) is 5.82 Å². The fraction of sp³-hybridized carbons (Fsp3) is 0.391. The van der Waals surface area contributed by atoms with Crippen LogP contribution in [0.15, 0.2) is 54.6 Å². The van der Waals surface area contributed by atoms with Gasteiger partial charge < -0.3 is 9.80 Å². The lowest BCUT2D eigenvalue weighted by molar-refractivity contribution is -0.140. The van der Waals surface area contributed by atoms with Crippen molar-refractivity contribution in [3.05, 3.63) is 71.5 Å². The number of benzene rings is 2. The van der Waals surface area contributed by atoms with Crippen molar-refractivity contribution in [1.82, 2.24) is 9.80 Å². The van der Waals surface area contributed by atoms with Gasteiger partial charge in [0.25, 0.3) is 0 Å². The van der Waals surface area contributed by atoms with Crippen LogP contribution in [0, 0.1) is 11.7 Å². The van der Waals surface area contributed by atoms with Crippen LogP contribution >= 0.6 is 0 Å². The predicted octanol–water partition coefficient (Wildman–Crippen LogP) is 3.23. The van der Waals surface area contributed by atoms with E-state index in [1.807, 2.05) is 28.0 Å². The number of nitrogens with zero attached hydrogens (tertiary/aromatic N) is 2. The Balaban J connectivity index is 1.22. The molecule has 4 nitrogen and oxygen atoms in total. The SMILES string of the molecule is O=C(CCc1ccc(F)cc1)N1CCN(C(=O)C2CC2c2ccccc2)CC1. The molecular weight excluding hydrogens is 355 g/mol. The van der Waals surface area contributed by atoms with Crippen LogP contribution in [0.25, 0.3) is 0 Å². The fourth-order valence-corrected chi connectivity index (χ4v) is 4.01. The maximum atomic E-state index is 13.0. The van der Waals surface area contributed by atoms with Crippen LogP contribution in [0.2, 0.25) is 0 Å². The maximum absolute atomic E-state index is 13.0. The van der Waals surface area contributed by atoms with E-state index in [0.717, 1.165) is 12.0 Å². The smallest absolute Gasteiger partial charge is 0.226 e. The Kier molecular flexibility index (Phi) is 5.42. The zero-order valence-corrected chi connectivity index (χ0v) is 15.9. The molecule has 0 aromatic heterocycles. The van der Waals surface area contributed by atoms with Crippen LogP contribution < -0.4 is 0 Å². The average Bonchev–Trinajstić information content (AvgIpc) is 3.54. The average molecular weight is 380 g/mol. The molecule has 1 heterocycles. The molecule has 2 amide bonds. The highest BCUT2D eigenvalue weighted by Crippen LogP contribution is 2.48. The molecule has 1 saturated carbocycles. The summed E-state index contributed by atoms with van der Waals surface area (Å²) in [5.41, 5.74) is 2.21. The molecule has 0 N–H and O–H groups in total. The van der Waals surface area contributed by atoms with Gasteiger partial charge in [-0.2, -0.15) is 0 Å². The minimum atomic E-state index is -0.263. The normalized spacial score (nSPS) is 21.5. The number of rotatable bonds is 5. The summed E-state index contributed by atoms with van der Waals surface area (Å²) in [6, 6.07) is 16.5. The molecule has 2 aromatic carbocycles. The van der Waals surface area contributed by atoms with Crippen LogP contribution in [-0.2, 0) is 16.0 Å². The van der Waals surface area contributed by atoms with Gasteiger partial charge in [0.05, 0.1) is 0 Å². The third kappa shape index (κ3) is 4.24. The second kappa shape index (κ2) is 8.13. The highest BCUT2D eigenvalue weighted by Gasteiger charge is 2.46. The number of carbonyl (C=O) groups excluding carboxylic acids is 2. The van der Waals surface area contributed by atoms with Gasteiger partial charge >= 0.3 is 0 Å². The summed E-state index contributed by atoms with van der Waals surface area (Å²) in [4.78, 5) is 29.0. The van der Waals surface area contributed by atoms with E-state index in [0.29, 0.717) is 44.9 Å². The van der Waals surface area contributed by atoms with Crippen LogP contribution in [0.4, 0.5) is 4.39 Å². The molecule has 4 rings (SSSR count). The van der Waals surface area contributed by atoms with Gasteiger partial charge in [0.15, 0.2) is 0 Å². The summed E-state index contributed by atoms with van der Waals surface area (Å²) in [5.74, 6) is 0.519. The molecule has 2 aliphatic rings. The molecule has 2 fully saturated rings. The van der Waals surface area contributed by atoms with Gasteiger partial charge in [-0.1, -0.05) is 42.5 Å². The van der Waals surface area contributed by atoms with Gasteiger partial charge in [0.2, 0.25) is 11.8 Å². The third-order valence-corrected chi connectivity index (χ3v) is 5.82. The fourth-order valence-electron chi connectivity index (χ4n) is 4.01. The minimum absolute atomic E-state index is 0.100. The quantitative estimate of drug-likeness (QED) is 0.799. The lowest BCUT2D eigenvalue weighted by Crippen LogP contribution is -2.51. The van der Waals surface area contributed by atoms with Crippen LogP contribution in [0.3, 0.4) is 0 Å². The molecule has 1 aliphatic carbocycles. The Labute approximate surface area is 164 Å². The number of carbonyl (C=O) groups is 2. The highest BCUT2D eigenvalue weighted by molar-refractivity contribution is 5.83. The van der Waals surface area contributed by atoms with E-state index >= 15 is 0 Å². The minimum Gasteiger partial charge on any atom is -0.339 e. The Bertz CT molecular complexity index is 829. The Morgan fingerprint density at radius 2 is 1.54 bits per heavy atom. The summed E-state index contributed by atoms with van der Waals surface area (Å²) in [5, 5.41) is 0. The molecule has 0 radical (unpaired) electrons. The van der Waals surface area contributed by atoms with E-state index in [1.54, 1.807) is 12.1 Å². The predicted molar refractivity (Wildman–Crippen MR) is 105 cm³/mol. The van der Waals surface area contributed by atoms with E-state index < -0.39 is 0 Å². The highest BCUT2D eigenvalue weighted by atomic mass is 19.1.